The summed E-state index contributed by atoms with van der Waals surface area (Å²) in [5, 5.41) is 16.5. The molecule has 0 aliphatic carbocycles. The van der Waals surface area contributed by atoms with Gasteiger partial charge < -0.3 is 8.83 Å². The highest BCUT2D eigenvalue weighted by Gasteiger charge is 2.35. The van der Waals surface area contributed by atoms with Crippen molar-refractivity contribution in [3.8, 4) is 0 Å². The molecule has 0 bridgehead atoms. The number of aryl methyl sites for hydroxylation is 1. The molecule has 1 atom stereocenters. The molecule has 1 aromatic carbocycles. The summed E-state index contributed by atoms with van der Waals surface area (Å²) >= 11 is 1.35. The molecule has 0 saturated carbocycles. The van der Waals surface area contributed by atoms with Crippen LogP contribution in [0.4, 0.5) is 0 Å². The van der Waals surface area contributed by atoms with Crippen LogP contribution < -0.4 is 0 Å². The average molecular weight is 458 g/mol. The lowest BCUT2D eigenvalue weighted by Gasteiger charge is -2.19. The molecule has 1 unspecified atom stereocenters. The molecule has 0 saturated heterocycles. The van der Waals surface area contributed by atoms with E-state index in [1.165, 1.54) is 16.8 Å². The van der Waals surface area contributed by atoms with Crippen LogP contribution in [0.3, 0.4) is 0 Å². The predicted octanol–water partition coefficient (Wildman–Crippen LogP) is 4.85. The van der Waals surface area contributed by atoms with Gasteiger partial charge in [0.1, 0.15) is 23.3 Å². The van der Waals surface area contributed by atoms with Gasteiger partial charge >= 0.3 is 0 Å². The summed E-state index contributed by atoms with van der Waals surface area (Å²) in [6.07, 6.45) is 3.73. The lowest BCUT2D eigenvalue weighted by atomic mass is 10.1. The van der Waals surface area contributed by atoms with Gasteiger partial charge in [-0.1, -0.05) is 30.0 Å². The van der Waals surface area contributed by atoms with Gasteiger partial charge in [-0.25, -0.2) is 5.01 Å². The third-order valence-corrected chi connectivity index (χ3v) is 6.66. The number of carbonyl (C=O) groups is 1. The summed E-state index contributed by atoms with van der Waals surface area (Å²) in [4.78, 5) is 13.3. The fourth-order valence-electron chi connectivity index (χ4n) is 4.20. The summed E-state index contributed by atoms with van der Waals surface area (Å²) < 4.78 is 13.1. The summed E-state index contributed by atoms with van der Waals surface area (Å²) in [6.45, 7) is 2.06. The number of nitrogens with zero attached hydrogens (tertiary/aromatic N) is 5. The Morgan fingerprint density at radius 2 is 1.94 bits per heavy atom. The second kappa shape index (κ2) is 7.93. The van der Waals surface area contributed by atoms with Gasteiger partial charge in [-0.2, -0.15) is 5.10 Å². The van der Waals surface area contributed by atoms with Crippen molar-refractivity contribution in [3.63, 3.8) is 0 Å². The van der Waals surface area contributed by atoms with Crippen LogP contribution in [0, 0.1) is 6.92 Å². The van der Waals surface area contributed by atoms with Crippen molar-refractivity contribution in [2.45, 2.75) is 24.5 Å². The molecule has 0 N–H and O–H groups in total. The summed E-state index contributed by atoms with van der Waals surface area (Å²) in [6, 6.07) is 17.1. The van der Waals surface area contributed by atoms with E-state index in [0.717, 1.165) is 22.1 Å². The minimum Gasteiger partial charge on any atom is -0.467 e. The molecular weight excluding hydrogens is 438 g/mol. The first kappa shape index (κ1) is 19.8. The predicted molar refractivity (Wildman–Crippen MR) is 124 cm³/mol. The highest BCUT2D eigenvalue weighted by atomic mass is 32.2. The molecule has 9 heteroatoms. The summed E-state index contributed by atoms with van der Waals surface area (Å²) in [5.74, 6) is 1.36. The maximum atomic E-state index is 13.3. The molecule has 5 heterocycles. The SMILES string of the molecule is Cc1cc2nnc(SCC(=O)N3N=C(c4ccco4)CC3c3ccco3)n2c2ccccc12. The van der Waals surface area contributed by atoms with E-state index in [0.29, 0.717) is 28.8 Å². The number of benzene rings is 1. The Bertz CT molecular complexity index is 1490. The average Bonchev–Trinajstić information content (AvgIpc) is 3.63. The van der Waals surface area contributed by atoms with Crippen molar-refractivity contribution in [3.05, 3.63) is 84.2 Å². The highest BCUT2D eigenvalue weighted by molar-refractivity contribution is 7.99. The molecule has 0 spiro atoms. The second-order valence-electron chi connectivity index (χ2n) is 7.81. The zero-order chi connectivity index (χ0) is 22.4. The van der Waals surface area contributed by atoms with E-state index >= 15 is 0 Å². The Kier molecular flexibility index (Phi) is 4.76. The van der Waals surface area contributed by atoms with E-state index in [1.807, 2.05) is 52.9 Å². The zero-order valence-electron chi connectivity index (χ0n) is 17.7. The number of aromatic nitrogens is 3. The van der Waals surface area contributed by atoms with Crippen LogP contribution >= 0.6 is 11.8 Å². The molecule has 0 radical (unpaired) electrons. The Labute approximate surface area is 192 Å². The maximum Gasteiger partial charge on any atom is 0.253 e. The molecule has 1 aliphatic heterocycles. The van der Waals surface area contributed by atoms with Crippen LogP contribution in [-0.4, -0.2) is 37.0 Å². The van der Waals surface area contributed by atoms with Gasteiger partial charge in [-0.05, 0) is 48.9 Å². The van der Waals surface area contributed by atoms with Crippen LogP contribution in [-0.2, 0) is 4.79 Å². The van der Waals surface area contributed by atoms with E-state index in [2.05, 4.69) is 28.3 Å². The molecule has 0 fully saturated rings. The number of thioether (sulfide) groups is 1. The molecule has 164 valence electrons. The number of hydrazone groups is 1. The fourth-order valence-corrected chi connectivity index (χ4v) is 5.00. The topological polar surface area (TPSA) is 89.1 Å². The van der Waals surface area contributed by atoms with Crippen LogP contribution in [0.15, 0.2) is 86.2 Å². The normalized spacial score (nSPS) is 16.1. The lowest BCUT2D eigenvalue weighted by molar-refractivity contribution is -0.130. The first-order chi connectivity index (χ1) is 16.2. The Morgan fingerprint density at radius 3 is 2.76 bits per heavy atom. The second-order valence-corrected chi connectivity index (χ2v) is 8.75. The number of furan rings is 2. The van der Waals surface area contributed by atoms with Gasteiger partial charge in [0, 0.05) is 11.8 Å². The minimum absolute atomic E-state index is 0.142. The van der Waals surface area contributed by atoms with Gasteiger partial charge in [-0.3, -0.25) is 9.20 Å². The zero-order valence-corrected chi connectivity index (χ0v) is 18.5. The first-order valence-electron chi connectivity index (χ1n) is 10.5. The van der Waals surface area contributed by atoms with E-state index in [1.54, 1.807) is 12.5 Å². The van der Waals surface area contributed by atoms with Crippen LogP contribution in [0.25, 0.3) is 16.6 Å². The number of para-hydroxylation sites is 1. The monoisotopic (exact) mass is 457 g/mol. The molecular formula is C24H19N5O3S. The number of pyridine rings is 1. The number of rotatable bonds is 5. The maximum absolute atomic E-state index is 13.3. The van der Waals surface area contributed by atoms with Crippen molar-refractivity contribution in [1.82, 2.24) is 19.6 Å². The lowest BCUT2D eigenvalue weighted by Crippen LogP contribution is -2.28. The van der Waals surface area contributed by atoms with Crippen molar-refractivity contribution in [2.24, 2.45) is 5.10 Å². The van der Waals surface area contributed by atoms with Crippen LogP contribution in [0.2, 0.25) is 0 Å². The largest absolute Gasteiger partial charge is 0.467 e. The third kappa shape index (κ3) is 3.41. The number of carbonyl (C=O) groups excluding carboxylic acids is 1. The van der Waals surface area contributed by atoms with Gasteiger partial charge in [0.15, 0.2) is 10.8 Å². The van der Waals surface area contributed by atoms with E-state index in [9.17, 15) is 4.79 Å². The fraction of sp³-hybridized carbons (Fsp3) is 0.167. The smallest absolute Gasteiger partial charge is 0.253 e. The third-order valence-electron chi connectivity index (χ3n) is 5.74. The van der Waals surface area contributed by atoms with E-state index in [4.69, 9.17) is 8.83 Å². The molecule has 6 rings (SSSR count). The number of hydrogen-bond donors (Lipinski definition) is 0. The quantitative estimate of drug-likeness (QED) is 0.351. The first-order valence-corrected chi connectivity index (χ1v) is 11.5. The van der Waals surface area contributed by atoms with E-state index < -0.39 is 0 Å². The summed E-state index contributed by atoms with van der Waals surface area (Å²) in [5.41, 5.74) is 3.62. The van der Waals surface area contributed by atoms with Crippen molar-refractivity contribution in [2.75, 3.05) is 5.75 Å². The van der Waals surface area contributed by atoms with Gasteiger partial charge in [0.25, 0.3) is 5.91 Å². The molecule has 4 aromatic heterocycles. The summed E-state index contributed by atoms with van der Waals surface area (Å²) in [7, 11) is 0. The van der Waals surface area contributed by atoms with Crippen molar-refractivity contribution < 1.29 is 13.6 Å². The van der Waals surface area contributed by atoms with Crippen LogP contribution in [0.1, 0.15) is 29.5 Å². The Morgan fingerprint density at radius 1 is 1.09 bits per heavy atom. The van der Waals surface area contributed by atoms with Gasteiger partial charge in [0.05, 0.1) is 23.8 Å². The Hall–Kier alpha value is -3.85. The minimum atomic E-state index is -0.313. The highest BCUT2D eigenvalue weighted by Crippen LogP contribution is 2.34. The molecule has 1 amide bonds. The van der Waals surface area contributed by atoms with Crippen LogP contribution in [0.5, 0.6) is 0 Å². The van der Waals surface area contributed by atoms with Gasteiger partial charge in [-0.15, -0.1) is 10.2 Å². The van der Waals surface area contributed by atoms with Crippen molar-refractivity contribution >= 4 is 39.9 Å². The molecule has 33 heavy (non-hydrogen) atoms. The van der Waals surface area contributed by atoms with E-state index in [-0.39, 0.29) is 17.7 Å². The van der Waals surface area contributed by atoms with Crippen molar-refractivity contribution in [1.29, 1.82) is 0 Å². The number of fused-ring (bicyclic) bond motifs is 3. The molecule has 1 aliphatic rings. The standard InChI is InChI=1S/C24H19N5O3S/c1-15-12-22-25-26-24(28(22)18-7-3-2-6-16(15)18)33-14-23(30)29-19(21-9-5-11-32-21)13-17(27-29)20-8-4-10-31-20/h2-12,19H,13-14H2,1H3. The number of amides is 1. The number of hydrogen-bond acceptors (Lipinski definition) is 7. The molecule has 8 nitrogen and oxygen atoms in total. The molecule has 5 aromatic rings. The Balaban J connectivity index is 1.30. The van der Waals surface area contributed by atoms with Gasteiger partial charge in [0.2, 0.25) is 0 Å².